The van der Waals surface area contributed by atoms with Crippen molar-refractivity contribution in [3.63, 3.8) is 0 Å². The van der Waals surface area contributed by atoms with Crippen molar-refractivity contribution in [3.05, 3.63) is 0 Å². The van der Waals surface area contributed by atoms with Gasteiger partial charge in [0.15, 0.2) is 0 Å². The maximum absolute atomic E-state index is 5.25. The third kappa shape index (κ3) is 9.80. The summed E-state index contributed by atoms with van der Waals surface area (Å²) in [6.45, 7) is 5.35. The van der Waals surface area contributed by atoms with E-state index in [2.05, 4.69) is 12.2 Å². The van der Waals surface area contributed by atoms with Gasteiger partial charge in [0.2, 0.25) is 5.69 Å². The predicted molar refractivity (Wildman–Crippen MR) is 64.3 cm³/mol. The molecule has 0 amide bonds. The van der Waals surface area contributed by atoms with E-state index in [-0.39, 0.29) is 23.9 Å². The molecule has 0 rings (SSSR count). The van der Waals surface area contributed by atoms with Crippen molar-refractivity contribution in [2.24, 2.45) is 0 Å². The molecule has 74 valence electrons. The monoisotopic (exact) mass is 336 g/mol. The van der Waals surface area contributed by atoms with Crippen LogP contribution in [0.2, 0.25) is 0 Å². The first-order valence-electron chi connectivity index (χ1n) is 3.74. The van der Waals surface area contributed by atoms with Crippen LogP contribution >= 0.6 is 17.9 Å². The molecule has 0 bridgehead atoms. The molecule has 0 aliphatic rings. The third-order valence-corrected chi connectivity index (χ3v) is 3.26. The Labute approximate surface area is 102 Å². The molecule has 0 aromatic carbocycles. The van der Waals surface area contributed by atoms with Gasteiger partial charge < -0.3 is 9.05 Å². The second-order valence-corrected chi connectivity index (χ2v) is 7.42. The van der Waals surface area contributed by atoms with Gasteiger partial charge in [-0.05, 0) is 24.6 Å². The van der Waals surface area contributed by atoms with Gasteiger partial charge in [-0.25, -0.2) is 0 Å². The number of hydrogen-bond donors (Lipinski definition) is 1. The molecule has 0 atom stereocenters. The zero-order valence-corrected chi connectivity index (χ0v) is 14.3. The Kier molecular flexibility index (Phi) is 12.5. The van der Waals surface area contributed by atoms with Crippen LogP contribution in [0.25, 0.3) is 0 Å². The van der Waals surface area contributed by atoms with Crippen LogP contribution in [0.15, 0.2) is 0 Å². The molecule has 0 spiro atoms. The average molecular weight is 335 g/mol. The SMILES string of the molecule is CCCOP(=S)(S)OCCC.[SnH2]. The van der Waals surface area contributed by atoms with E-state index in [9.17, 15) is 0 Å². The molecule has 0 aliphatic heterocycles. The topological polar surface area (TPSA) is 18.5 Å². The van der Waals surface area contributed by atoms with Crippen LogP contribution in [0.4, 0.5) is 0 Å². The van der Waals surface area contributed by atoms with Crippen LogP contribution in [0.3, 0.4) is 0 Å². The minimum atomic E-state index is -2.20. The van der Waals surface area contributed by atoms with Gasteiger partial charge in [0.25, 0.3) is 0 Å². The Balaban J connectivity index is 0. The zero-order valence-electron chi connectivity index (χ0n) is 7.65. The fourth-order valence-electron chi connectivity index (χ4n) is 0.451. The summed E-state index contributed by atoms with van der Waals surface area (Å²) < 4.78 is 10.5. The maximum atomic E-state index is 5.25. The van der Waals surface area contributed by atoms with Crippen LogP contribution in [0.5, 0.6) is 0 Å². The first-order valence-corrected chi connectivity index (χ1v) is 7.53. The Morgan fingerprint density at radius 1 is 1.17 bits per heavy atom. The number of hydrogen-bond acceptors (Lipinski definition) is 3. The third-order valence-electron chi connectivity index (χ3n) is 0.917. The zero-order chi connectivity index (χ0) is 8.74. The van der Waals surface area contributed by atoms with E-state index >= 15 is 0 Å². The predicted octanol–water partition coefficient (Wildman–Crippen LogP) is 2.08. The molecule has 0 N–H and O–H groups in total. The molecular formula is C6H17O2PS2Sn. The van der Waals surface area contributed by atoms with E-state index in [0.29, 0.717) is 13.2 Å². The van der Waals surface area contributed by atoms with E-state index < -0.39 is 5.69 Å². The van der Waals surface area contributed by atoms with Gasteiger partial charge in [-0.1, -0.05) is 26.1 Å². The van der Waals surface area contributed by atoms with Gasteiger partial charge in [0.05, 0.1) is 13.2 Å². The van der Waals surface area contributed by atoms with Crippen LogP contribution in [-0.2, 0) is 20.9 Å². The Morgan fingerprint density at radius 2 is 1.50 bits per heavy atom. The first kappa shape index (κ1) is 16.2. The summed E-state index contributed by atoms with van der Waals surface area (Å²) in [5.74, 6) is 0. The summed E-state index contributed by atoms with van der Waals surface area (Å²) in [6.07, 6.45) is 1.91. The average Bonchev–Trinajstić information content (AvgIpc) is 1.97. The van der Waals surface area contributed by atoms with Gasteiger partial charge in [-0.15, -0.1) is 0 Å². The summed E-state index contributed by atoms with van der Waals surface area (Å²) >= 11 is 9.14. The van der Waals surface area contributed by atoms with Gasteiger partial charge in [0, 0.05) is 0 Å². The van der Waals surface area contributed by atoms with E-state index in [1.807, 2.05) is 13.8 Å². The normalized spacial score (nSPS) is 10.9. The van der Waals surface area contributed by atoms with Crippen LogP contribution in [0.1, 0.15) is 26.7 Å². The van der Waals surface area contributed by atoms with Gasteiger partial charge in [0.1, 0.15) is 0 Å². The molecule has 6 heteroatoms. The summed E-state index contributed by atoms with van der Waals surface area (Å²) in [7, 11) is 0. The van der Waals surface area contributed by atoms with Crippen molar-refractivity contribution >= 4 is 53.7 Å². The van der Waals surface area contributed by atoms with Crippen LogP contribution in [0, 0.1) is 0 Å². The van der Waals surface area contributed by atoms with Crippen molar-refractivity contribution < 1.29 is 9.05 Å². The molecule has 12 heavy (non-hydrogen) atoms. The molecule has 0 aromatic rings. The molecule has 0 aromatic heterocycles. The van der Waals surface area contributed by atoms with Crippen molar-refractivity contribution in [2.75, 3.05) is 13.2 Å². The van der Waals surface area contributed by atoms with Crippen molar-refractivity contribution in [1.29, 1.82) is 0 Å². The van der Waals surface area contributed by atoms with E-state index in [1.165, 1.54) is 0 Å². The molecular weight excluding hydrogens is 318 g/mol. The first-order chi connectivity index (χ1) is 5.12. The molecule has 2 nitrogen and oxygen atoms in total. The van der Waals surface area contributed by atoms with E-state index in [0.717, 1.165) is 12.8 Å². The van der Waals surface area contributed by atoms with Crippen LogP contribution in [-0.4, -0.2) is 37.1 Å². The summed E-state index contributed by atoms with van der Waals surface area (Å²) in [4.78, 5) is 0. The molecule has 0 saturated heterocycles. The summed E-state index contributed by atoms with van der Waals surface area (Å²) in [6, 6.07) is 0. The van der Waals surface area contributed by atoms with Crippen molar-refractivity contribution in [3.8, 4) is 0 Å². The number of thiol groups is 1. The van der Waals surface area contributed by atoms with Crippen molar-refractivity contribution in [1.82, 2.24) is 0 Å². The van der Waals surface area contributed by atoms with Gasteiger partial charge in [-0.2, -0.15) is 0 Å². The molecule has 2 radical (unpaired) electrons. The van der Waals surface area contributed by atoms with E-state index in [1.54, 1.807) is 0 Å². The van der Waals surface area contributed by atoms with E-state index in [4.69, 9.17) is 20.9 Å². The molecule has 0 aliphatic carbocycles. The van der Waals surface area contributed by atoms with Crippen molar-refractivity contribution in [2.45, 2.75) is 26.7 Å². The minimum absolute atomic E-state index is 0. The Bertz CT molecular complexity index is 134. The molecule has 0 saturated carbocycles. The Morgan fingerprint density at radius 3 is 1.75 bits per heavy atom. The summed E-state index contributed by atoms with van der Waals surface area (Å²) in [5, 5.41) is 0. The second kappa shape index (κ2) is 9.28. The molecule has 0 unspecified atom stereocenters. The number of rotatable bonds is 6. The molecule has 0 fully saturated rings. The summed E-state index contributed by atoms with van der Waals surface area (Å²) in [5.41, 5.74) is -2.20. The standard InChI is InChI=1S/C6H15O2PS2.Sn.2H/c1-3-5-7-9(10,11)8-6-4-2;;;/h3-6H2,1-2H3,(H,10,11);;;. The Hall–Kier alpha value is 1.72. The quantitative estimate of drug-likeness (QED) is 0.456. The fraction of sp³-hybridized carbons (Fsp3) is 1.00. The molecule has 0 heterocycles. The fourth-order valence-corrected chi connectivity index (χ4v) is 2.29. The van der Waals surface area contributed by atoms with Gasteiger partial charge >= 0.3 is 23.9 Å². The van der Waals surface area contributed by atoms with Crippen LogP contribution < -0.4 is 0 Å². The van der Waals surface area contributed by atoms with Gasteiger partial charge in [-0.3, -0.25) is 0 Å². The second-order valence-electron chi connectivity index (χ2n) is 2.14.